The van der Waals surface area contributed by atoms with Crippen LogP contribution in [0.15, 0.2) is 72.8 Å². The SMILES string of the molecule is CC(=O)N1CCc2ccccc2C1CC(=O)NC(C)c1ccc(NC(=O)c2ccc(F)cc2)cc1. The number of anilines is 1. The molecule has 6 nitrogen and oxygen atoms in total. The van der Waals surface area contributed by atoms with Crippen LogP contribution >= 0.6 is 0 Å². The highest BCUT2D eigenvalue weighted by atomic mass is 19.1. The molecule has 4 rings (SSSR count). The number of hydrogen-bond acceptors (Lipinski definition) is 3. The standard InChI is InChI=1S/C28H28FN3O3/c1-18(20-9-13-24(14-10-20)31-28(35)22-7-11-23(29)12-8-22)30-27(34)17-26-25-6-4-3-5-21(25)15-16-32(26)19(2)33/h3-14,18,26H,15-17H2,1-2H3,(H,30,34)(H,31,35). The monoisotopic (exact) mass is 473 g/mol. The molecule has 0 saturated heterocycles. The lowest BCUT2D eigenvalue weighted by molar-refractivity contribution is -0.133. The van der Waals surface area contributed by atoms with Crippen LogP contribution in [0.3, 0.4) is 0 Å². The van der Waals surface area contributed by atoms with Gasteiger partial charge in [-0.25, -0.2) is 4.39 Å². The number of rotatable bonds is 6. The van der Waals surface area contributed by atoms with Gasteiger partial charge in [0.25, 0.3) is 5.91 Å². The molecule has 7 heteroatoms. The predicted octanol–water partition coefficient (Wildman–Crippen LogP) is 4.79. The van der Waals surface area contributed by atoms with E-state index in [1.165, 1.54) is 36.8 Å². The molecule has 3 aromatic rings. The average molecular weight is 474 g/mol. The summed E-state index contributed by atoms with van der Waals surface area (Å²) >= 11 is 0. The second-order valence-electron chi connectivity index (χ2n) is 8.75. The number of halogens is 1. The van der Waals surface area contributed by atoms with Crippen molar-refractivity contribution in [2.75, 3.05) is 11.9 Å². The molecule has 0 radical (unpaired) electrons. The van der Waals surface area contributed by atoms with Crippen molar-refractivity contribution in [1.29, 1.82) is 0 Å². The number of amides is 3. The van der Waals surface area contributed by atoms with Gasteiger partial charge in [0, 0.05) is 24.7 Å². The highest BCUT2D eigenvalue weighted by molar-refractivity contribution is 6.04. The lowest BCUT2D eigenvalue weighted by atomic mass is 9.90. The fraction of sp³-hybridized carbons (Fsp3) is 0.250. The number of nitrogens with zero attached hydrogens (tertiary/aromatic N) is 1. The topological polar surface area (TPSA) is 78.5 Å². The third kappa shape index (κ3) is 5.74. The smallest absolute Gasteiger partial charge is 0.255 e. The largest absolute Gasteiger partial charge is 0.350 e. The Labute approximate surface area is 204 Å². The summed E-state index contributed by atoms with van der Waals surface area (Å²) in [5, 5.41) is 5.80. The zero-order valence-electron chi connectivity index (χ0n) is 19.8. The van der Waals surface area contributed by atoms with Crippen LogP contribution in [0, 0.1) is 5.82 Å². The molecule has 0 spiro atoms. The van der Waals surface area contributed by atoms with E-state index in [0.29, 0.717) is 17.8 Å². The van der Waals surface area contributed by atoms with Gasteiger partial charge in [-0.3, -0.25) is 14.4 Å². The van der Waals surface area contributed by atoms with Crippen molar-refractivity contribution in [3.8, 4) is 0 Å². The fourth-order valence-electron chi connectivity index (χ4n) is 4.47. The number of benzene rings is 3. The number of nitrogens with one attached hydrogen (secondary N) is 2. The number of carbonyl (C=O) groups excluding carboxylic acids is 3. The highest BCUT2D eigenvalue weighted by Gasteiger charge is 2.30. The first-order valence-electron chi connectivity index (χ1n) is 11.6. The number of fused-ring (bicyclic) bond motifs is 1. The van der Waals surface area contributed by atoms with Crippen molar-refractivity contribution in [2.24, 2.45) is 0 Å². The van der Waals surface area contributed by atoms with Crippen molar-refractivity contribution in [3.05, 3.63) is 101 Å². The average Bonchev–Trinajstić information content (AvgIpc) is 2.84. The Bertz CT molecular complexity index is 1220. The van der Waals surface area contributed by atoms with E-state index in [0.717, 1.165) is 17.5 Å². The third-order valence-electron chi connectivity index (χ3n) is 6.35. The summed E-state index contributed by atoms with van der Waals surface area (Å²) in [6, 6.07) is 19.9. The van der Waals surface area contributed by atoms with Crippen LogP contribution in [0.5, 0.6) is 0 Å². The minimum absolute atomic E-state index is 0.0383. The zero-order chi connectivity index (χ0) is 24.9. The Morgan fingerprint density at radius 3 is 2.37 bits per heavy atom. The molecule has 3 amide bonds. The molecule has 2 N–H and O–H groups in total. The molecular weight excluding hydrogens is 445 g/mol. The van der Waals surface area contributed by atoms with Crippen LogP contribution in [0.25, 0.3) is 0 Å². The Morgan fingerprint density at radius 2 is 1.69 bits per heavy atom. The summed E-state index contributed by atoms with van der Waals surface area (Å²) < 4.78 is 13.1. The summed E-state index contributed by atoms with van der Waals surface area (Å²) in [7, 11) is 0. The lowest BCUT2D eigenvalue weighted by Crippen LogP contribution is -2.41. The van der Waals surface area contributed by atoms with Gasteiger partial charge in [0.1, 0.15) is 5.82 Å². The van der Waals surface area contributed by atoms with E-state index in [9.17, 15) is 18.8 Å². The molecule has 1 aliphatic rings. The molecular formula is C28H28FN3O3. The molecule has 2 atom stereocenters. The summed E-state index contributed by atoms with van der Waals surface area (Å²) in [4.78, 5) is 39.2. The predicted molar refractivity (Wildman–Crippen MR) is 132 cm³/mol. The number of carbonyl (C=O) groups is 3. The van der Waals surface area contributed by atoms with Gasteiger partial charge >= 0.3 is 0 Å². The van der Waals surface area contributed by atoms with Gasteiger partial charge < -0.3 is 15.5 Å². The molecule has 0 saturated carbocycles. The molecule has 3 aromatic carbocycles. The van der Waals surface area contributed by atoms with Gasteiger partial charge in [-0.1, -0.05) is 36.4 Å². The molecule has 35 heavy (non-hydrogen) atoms. The Kier molecular flexibility index (Phi) is 7.25. The van der Waals surface area contributed by atoms with Crippen molar-refractivity contribution in [1.82, 2.24) is 10.2 Å². The van der Waals surface area contributed by atoms with Gasteiger partial charge in [0.2, 0.25) is 11.8 Å². The first kappa shape index (κ1) is 24.1. The van der Waals surface area contributed by atoms with E-state index < -0.39 is 5.82 Å². The molecule has 0 fully saturated rings. The van der Waals surface area contributed by atoms with Crippen molar-refractivity contribution >= 4 is 23.4 Å². The minimum atomic E-state index is -0.399. The molecule has 1 aliphatic heterocycles. The number of hydrogen-bond donors (Lipinski definition) is 2. The quantitative estimate of drug-likeness (QED) is 0.540. The Morgan fingerprint density at radius 1 is 1.00 bits per heavy atom. The molecule has 0 aromatic heterocycles. The van der Waals surface area contributed by atoms with Crippen LogP contribution in [-0.2, 0) is 16.0 Å². The van der Waals surface area contributed by atoms with Crippen LogP contribution in [0.2, 0.25) is 0 Å². The fourth-order valence-corrected chi connectivity index (χ4v) is 4.47. The molecule has 0 aliphatic carbocycles. The first-order valence-corrected chi connectivity index (χ1v) is 11.6. The summed E-state index contributed by atoms with van der Waals surface area (Å²) in [6.45, 7) is 4.03. The second kappa shape index (κ2) is 10.5. The molecule has 1 heterocycles. The molecule has 0 bridgehead atoms. The van der Waals surface area contributed by atoms with E-state index in [1.54, 1.807) is 17.0 Å². The van der Waals surface area contributed by atoms with E-state index in [-0.39, 0.29) is 36.2 Å². The molecule has 180 valence electrons. The highest BCUT2D eigenvalue weighted by Crippen LogP contribution is 2.32. The van der Waals surface area contributed by atoms with Gasteiger partial charge in [-0.2, -0.15) is 0 Å². The zero-order valence-corrected chi connectivity index (χ0v) is 19.8. The van der Waals surface area contributed by atoms with Crippen LogP contribution < -0.4 is 10.6 Å². The van der Waals surface area contributed by atoms with Crippen molar-refractivity contribution in [3.63, 3.8) is 0 Å². The van der Waals surface area contributed by atoms with E-state index >= 15 is 0 Å². The maximum atomic E-state index is 13.1. The summed E-state index contributed by atoms with van der Waals surface area (Å²) in [5.41, 5.74) is 4.04. The van der Waals surface area contributed by atoms with Crippen molar-refractivity contribution < 1.29 is 18.8 Å². The summed E-state index contributed by atoms with van der Waals surface area (Å²) in [6.07, 6.45) is 0.973. The maximum Gasteiger partial charge on any atom is 0.255 e. The van der Waals surface area contributed by atoms with Crippen LogP contribution in [-0.4, -0.2) is 29.2 Å². The van der Waals surface area contributed by atoms with Gasteiger partial charge in [-0.05, 0) is 66.4 Å². The first-order chi connectivity index (χ1) is 16.8. The third-order valence-corrected chi connectivity index (χ3v) is 6.35. The van der Waals surface area contributed by atoms with Gasteiger partial charge in [0.15, 0.2) is 0 Å². The summed E-state index contributed by atoms with van der Waals surface area (Å²) in [5.74, 6) is -0.909. The second-order valence-corrected chi connectivity index (χ2v) is 8.75. The van der Waals surface area contributed by atoms with Crippen LogP contribution in [0.1, 0.15) is 59.4 Å². The minimum Gasteiger partial charge on any atom is -0.350 e. The molecule has 2 unspecified atom stereocenters. The lowest BCUT2D eigenvalue weighted by Gasteiger charge is -2.36. The Hall–Kier alpha value is -4.00. The van der Waals surface area contributed by atoms with Crippen LogP contribution in [0.4, 0.5) is 10.1 Å². The van der Waals surface area contributed by atoms with E-state index in [1.807, 2.05) is 37.3 Å². The van der Waals surface area contributed by atoms with Crippen molar-refractivity contribution in [2.45, 2.75) is 38.8 Å². The van der Waals surface area contributed by atoms with Gasteiger partial charge in [0.05, 0.1) is 18.5 Å². The van der Waals surface area contributed by atoms with Gasteiger partial charge in [-0.15, -0.1) is 0 Å². The Balaban J connectivity index is 1.38. The van der Waals surface area contributed by atoms with E-state index in [2.05, 4.69) is 16.7 Å². The normalized spacial score (nSPS) is 15.6. The van der Waals surface area contributed by atoms with E-state index in [4.69, 9.17) is 0 Å². The maximum absolute atomic E-state index is 13.1.